The number of aliphatic hydroxyl groups is 2. The van der Waals surface area contributed by atoms with Crippen LogP contribution in [0.2, 0.25) is 0 Å². The van der Waals surface area contributed by atoms with Gasteiger partial charge in [-0.1, -0.05) is 6.92 Å². The second-order valence-corrected chi connectivity index (χ2v) is 2.71. The predicted molar refractivity (Wildman–Crippen MR) is 49.4 cm³/mol. The number of hydrogen-bond acceptors (Lipinski definition) is 5. The van der Waals surface area contributed by atoms with Crippen LogP contribution >= 0.6 is 0 Å². The topological polar surface area (TPSA) is 76.0 Å². The maximum Gasteiger partial charge on any atom is 0.372 e. The Morgan fingerprint density at radius 3 is 2.64 bits per heavy atom. The second-order valence-electron chi connectivity index (χ2n) is 2.71. The molecule has 1 unspecified atom stereocenters. The van der Waals surface area contributed by atoms with Crippen molar-refractivity contribution in [2.45, 2.75) is 19.4 Å². The van der Waals surface area contributed by atoms with Crippen LogP contribution in [0, 0.1) is 0 Å². The number of rotatable bonds is 7. The Hall–Kier alpha value is -1.07. The van der Waals surface area contributed by atoms with E-state index >= 15 is 0 Å². The van der Waals surface area contributed by atoms with Gasteiger partial charge in [0.1, 0.15) is 12.7 Å². The summed E-state index contributed by atoms with van der Waals surface area (Å²) >= 11 is 0. The normalized spacial score (nSPS) is 11.9. The zero-order chi connectivity index (χ0) is 11.0. The molecule has 0 heterocycles. The number of carbonyl (C=O) groups is 1. The summed E-state index contributed by atoms with van der Waals surface area (Å²) in [5.41, 5.74) is 0. The molecule has 0 bridgehead atoms. The number of carbonyl (C=O) groups excluding carboxylic acids is 1. The Kier molecular flexibility index (Phi) is 6.78. The summed E-state index contributed by atoms with van der Waals surface area (Å²) in [6.45, 7) is 4.91. The zero-order valence-corrected chi connectivity index (χ0v) is 8.23. The molecule has 0 aromatic heterocycles. The van der Waals surface area contributed by atoms with Gasteiger partial charge < -0.3 is 19.7 Å². The first-order chi connectivity index (χ1) is 6.61. The van der Waals surface area contributed by atoms with E-state index in [4.69, 9.17) is 19.7 Å². The van der Waals surface area contributed by atoms with E-state index in [0.29, 0.717) is 6.61 Å². The molecule has 0 aliphatic carbocycles. The van der Waals surface area contributed by atoms with Gasteiger partial charge in [0.15, 0.2) is 5.76 Å². The highest BCUT2D eigenvalue weighted by molar-refractivity contribution is 5.85. The fraction of sp³-hybridized carbons (Fsp3) is 0.667. The quantitative estimate of drug-likeness (QED) is 0.342. The lowest BCUT2D eigenvalue weighted by molar-refractivity contribution is -0.143. The van der Waals surface area contributed by atoms with Crippen LogP contribution in [0.25, 0.3) is 0 Å². The first-order valence-corrected chi connectivity index (χ1v) is 4.39. The number of aliphatic hydroxyl groups excluding tert-OH is 2. The second kappa shape index (κ2) is 7.34. The molecule has 0 aromatic rings. The molecule has 0 fully saturated rings. The molecule has 0 aromatic carbocycles. The Bertz CT molecular complexity index is 190. The minimum atomic E-state index is -1.01. The van der Waals surface area contributed by atoms with Crippen LogP contribution in [0.3, 0.4) is 0 Å². The molecule has 0 amide bonds. The molecule has 1 atom stereocenters. The standard InChI is InChI=1S/C9H16O5/c1-3-4-13-9(12)7(2)14-6-8(11)5-10/h8,10-11H,2-6H2,1H3. The molecule has 0 radical (unpaired) electrons. The molecule has 14 heavy (non-hydrogen) atoms. The lowest BCUT2D eigenvalue weighted by Gasteiger charge is -2.10. The van der Waals surface area contributed by atoms with Crippen LogP contribution in [0.5, 0.6) is 0 Å². The van der Waals surface area contributed by atoms with Crippen LogP contribution < -0.4 is 0 Å². The summed E-state index contributed by atoms with van der Waals surface area (Å²) in [6.07, 6.45) is -0.288. The molecular formula is C9H16O5. The molecule has 5 heteroatoms. The van der Waals surface area contributed by atoms with Crippen LogP contribution in [0.4, 0.5) is 0 Å². The van der Waals surface area contributed by atoms with Gasteiger partial charge in [-0.05, 0) is 13.0 Å². The molecule has 0 saturated heterocycles. The third-order valence-corrected chi connectivity index (χ3v) is 1.33. The Morgan fingerprint density at radius 2 is 2.14 bits per heavy atom. The van der Waals surface area contributed by atoms with E-state index in [9.17, 15) is 4.79 Å². The van der Waals surface area contributed by atoms with Gasteiger partial charge in [-0.3, -0.25) is 0 Å². The van der Waals surface area contributed by atoms with Crippen LogP contribution in [-0.2, 0) is 14.3 Å². The Morgan fingerprint density at radius 1 is 1.50 bits per heavy atom. The van der Waals surface area contributed by atoms with Gasteiger partial charge in [-0.15, -0.1) is 0 Å². The SMILES string of the molecule is C=C(OCC(O)CO)C(=O)OCCC. The first kappa shape index (κ1) is 12.9. The minimum absolute atomic E-state index is 0.161. The average molecular weight is 204 g/mol. The van der Waals surface area contributed by atoms with Crippen molar-refractivity contribution in [2.24, 2.45) is 0 Å². The molecule has 0 aliphatic heterocycles. The number of hydrogen-bond donors (Lipinski definition) is 2. The molecule has 0 spiro atoms. The fourth-order valence-corrected chi connectivity index (χ4v) is 0.584. The highest BCUT2D eigenvalue weighted by Gasteiger charge is 2.11. The smallest absolute Gasteiger partial charge is 0.372 e. The van der Waals surface area contributed by atoms with Crippen molar-refractivity contribution in [3.05, 3.63) is 12.3 Å². The lowest BCUT2D eigenvalue weighted by Crippen LogP contribution is -2.21. The Balaban J connectivity index is 3.67. The van der Waals surface area contributed by atoms with E-state index in [1.807, 2.05) is 6.92 Å². The summed E-state index contributed by atoms with van der Waals surface area (Å²) < 4.78 is 9.49. The zero-order valence-electron chi connectivity index (χ0n) is 8.23. The average Bonchev–Trinajstić information content (AvgIpc) is 2.21. The summed E-state index contributed by atoms with van der Waals surface area (Å²) in [5, 5.41) is 17.3. The van der Waals surface area contributed by atoms with Crippen molar-refractivity contribution in [3.8, 4) is 0 Å². The predicted octanol–water partition coefficient (Wildman–Crippen LogP) is -0.177. The summed E-state index contributed by atoms with van der Waals surface area (Å²) in [6, 6.07) is 0. The van der Waals surface area contributed by atoms with Crippen LogP contribution in [-0.4, -0.2) is 42.1 Å². The van der Waals surface area contributed by atoms with Crippen LogP contribution in [0.1, 0.15) is 13.3 Å². The third-order valence-electron chi connectivity index (χ3n) is 1.33. The monoisotopic (exact) mass is 204 g/mol. The van der Waals surface area contributed by atoms with E-state index in [1.54, 1.807) is 0 Å². The first-order valence-electron chi connectivity index (χ1n) is 4.39. The van der Waals surface area contributed by atoms with Crippen LogP contribution in [0.15, 0.2) is 12.3 Å². The van der Waals surface area contributed by atoms with Gasteiger partial charge in [0.25, 0.3) is 0 Å². The fourth-order valence-electron chi connectivity index (χ4n) is 0.584. The van der Waals surface area contributed by atoms with Gasteiger partial charge in [0.05, 0.1) is 13.2 Å². The summed E-state index contributed by atoms with van der Waals surface area (Å²) in [5.74, 6) is -0.803. The molecular weight excluding hydrogens is 188 g/mol. The minimum Gasteiger partial charge on any atom is -0.484 e. The molecule has 0 aliphatic rings. The number of esters is 1. The largest absolute Gasteiger partial charge is 0.484 e. The van der Waals surface area contributed by atoms with Crippen molar-refractivity contribution in [3.63, 3.8) is 0 Å². The highest BCUT2D eigenvalue weighted by Crippen LogP contribution is 1.99. The van der Waals surface area contributed by atoms with E-state index in [-0.39, 0.29) is 12.4 Å². The van der Waals surface area contributed by atoms with E-state index in [0.717, 1.165) is 6.42 Å². The van der Waals surface area contributed by atoms with Gasteiger partial charge in [-0.25, -0.2) is 4.79 Å². The highest BCUT2D eigenvalue weighted by atomic mass is 16.6. The maximum atomic E-state index is 11.0. The van der Waals surface area contributed by atoms with Gasteiger partial charge in [0, 0.05) is 0 Å². The Labute approximate surface area is 82.9 Å². The van der Waals surface area contributed by atoms with Gasteiger partial charge >= 0.3 is 5.97 Å². The van der Waals surface area contributed by atoms with E-state index < -0.39 is 18.7 Å². The van der Waals surface area contributed by atoms with Crippen molar-refractivity contribution < 1.29 is 24.5 Å². The maximum absolute atomic E-state index is 11.0. The van der Waals surface area contributed by atoms with Crippen molar-refractivity contribution in [1.29, 1.82) is 0 Å². The lowest BCUT2D eigenvalue weighted by atomic mass is 10.4. The molecule has 0 rings (SSSR count). The van der Waals surface area contributed by atoms with Gasteiger partial charge in [0.2, 0.25) is 0 Å². The molecule has 2 N–H and O–H groups in total. The van der Waals surface area contributed by atoms with Gasteiger partial charge in [-0.2, -0.15) is 0 Å². The van der Waals surface area contributed by atoms with Crippen molar-refractivity contribution in [1.82, 2.24) is 0 Å². The van der Waals surface area contributed by atoms with Crippen molar-refractivity contribution in [2.75, 3.05) is 19.8 Å². The van der Waals surface area contributed by atoms with E-state index in [1.165, 1.54) is 0 Å². The third kappa shape index (κ3) is 5.55. The molecule has 82 valence electrons. The number of ether oxygens (including phenoxy) is 2. The van der Waals surface area contributed by atoms with E-state index in [2.05, 4.69) is 6.58 Å². The molecule has 0 saturated carbocycles. The summed E-state index contributed by atoms with van der Waals surface area (Å²) in [4.78, 5) is 11.0. The summed E-state index contributed by atoms with van der Waals surface area (Å²) in [7, 11) is 0. The van der Waals surface area contributed by atoms with Crippen molar-refractivity contribution >= 4 is 5.97 Å². The molecule has 5 nitrogen and oxygen atoms in total.